The zero-order chi connectivity index (χ0) is 18.7. The number of hydrogen-bond acceptors (Lipinski definition) is 7. The summed E-state index contributed by atoms with van der Waals surface area (Å²) in [7, 11) is 0. The molecule has 0 saturated heterocycles. The number of benzene rings is 2. The first-order chi connectivity index (χ1) is 13.8. The van der Waals surface area contributed by atoms with E-state index in [0.717, 1.165) is 22.9 Å². The fourth-order valence-electron chi connectivity index (χ4n) is 3.50. The maximum Gasteiger partial charge on any atom is 0.345 e. The Kier molecular flexibility index (Phi) is 2.96. The van der Waals surface area contributed by atoms with Crippen molar-refractivity contribution in [1.29, 1.82) is 0 Å². The average molecular weight is 373 g/mol. The Morgan fingerprint density at radius 2 is 1.89 bits per heavy atom. The lowest BCUT2D eigenvalue weighted by Crippen LogP contribution is -2.45. The number of rotatable bonds is 2. The number of halogens is 1. The largest absolute Gasteiger partial charge is 0.345 e. The molecule has 0 bridgehead atoms. The number of para-hydroxylation sites is 1. The minimum atomic E-state index is -0.315. The normalized spacial score (nSPS) is 14.5. The lowest BCUT2D eigenvalue weighted by molar-refractivity contribution is 0.417. The summed E-state index contributed by atoms with van der Waals surface area (Å²) in [5.41, 5.74) is 2.68. The summed E-state index contributed by atoms with van der Waals surface area (Å²) in [4.78, 5) is 13.4. The molecule has 2 aromatic carbocycles. The van der Waals surface area contributed by atoms with Crippen molar-refractivity contribution < 1.29 is 8.91 Å². The van der Waals surface area contributed by atoms with Crippen LogP contribution in [0.25, 0.3) is 17.1 Å². The Hall–Kier alpha value is -4.01. The van der Waals surface area contributed by atoms with E-state index in [2.05, 4.69) is 20.1 Å². The highest BCUT2D eigenvalue weighted by Gasteiger charge is 2.38. The summed E-state index contributed by atoms with van der Waals surface area (Å²) in [5, 5.41) is 7.74. The molecule has 4 aromatic rings. The van der Waals surface area contributed by atoms with E-state index in [1.54, 1.807) is 29.7 Å². The Morgan fingerprint density at radius 3 is 2.79 bits per heavy atom. The number of anilines is 2. The van der Waals surface area contributed by atoms with Crippen LogP contribution in [-0.4, -0.2) is 32.2 Å². The molecular weight excluding hydrogens is 361 g/mol. The van der Waals surface area contributed by atoms with Gasteiger partial charge in [-0.1, -0.05) is 17.3 Å². The lowest BCUT2D eigenvalue weighted by atomic mass is 10.1. The van der Waals surface area contributed by atoms with Crippen molar-refractivity contribution in [2.75, 3.05) is 16.7 Å². The molecule has 28 heavy (non-hydrogen) atoms. The number of nitrogens with zero attached hydrogens (tertiary/aromatic N) is 7. The molecule has 9 heteroatoms. The van der Waals surface area contributed by atoms with Crippen LogP contribution in [0.4, 0.5) is 16.2 Å². The molecule has 0 fully saturated rings. The fourth-order valence-corrected chi connectivity index (χ4v) is 3.50. The monoisotopic (exact) mass is 373 g/mol. The maximum atomic E-state index is 13.2. The highest BCUT2D eigenvalue weighted by molar-refractivity contribution is 6.16. The van der Waals surface area contributed by atoms with Gasteiger partial charge in [0.05, 0.1) is 11.9 Å². The van der Waals surface area contributed by atoms with Crippen LogP contribution in [0, 0.1) is 5.82 Å². The van der Waals surface area contributed by atoms with Gasteiger partial charge in [-0.05, 0) is 36.4 Å². The first-order valence-electron chi connectivity index (χ1n) is 8.63. The smallest absolute Gasteiger partial charge is 0.313 e. The van der Waals surface area contributed by atoms with Gasteiger partial charge >= 0.3 is 6.01 Å². The zero-order valence-corrected chi connectivity index (χ0v) is 14.4. The van der Waals surface area contributed by atoms with E-state index < -0.39 is 0 Å². The van der Waals surface area contributed by atoms with E-state index >= 15 is 0 Å². The molecule has 0 radical (unpaired) electrons. The molecule has 0 unspecified atom stereocenters. The second-order valence-electron chi connectivity index (χ2n) is 6.38. The quantitative estimate of drug-likeness (QED) is 0.538. The van der Waals surface area contributed by atoms with Crippen molar-refractivity contribution in [2.24, 2.45) is 4.99 Å². The third-order valence-corrected chi connectivity index (χ3v) is 4.78. The topological polar surface area (TPSA) is 75.6 Å². The van der Waals surface area contributed by atoms with Crippen molar-refractivity contribution in [3.8, 4) is 17.1 Å². The molecule has 2 aliphatic heterocycles. The fraction of sp³-hybridized carbons (Fsp3) is 0.0526. The van der Waals surface area contributed by atoms with Crippen LogP contribution in [0.2, 0.25) is 0 Å². The van der Waals surface area contributed by atoms with Crippen LogP contribution in [-0.2, 0) is 0 Å². The van der Waals surface area contributed by atoms with Crippen molar-refractivity contribution in [3.63, 3.8) is 0 Å². The minimum absolute atomic E-state index is 0.296. The molecular formula is C19H12FN7O. The maximum absolute atomic E-state index is 13.2. The minimum Gasteiger partial charge on any atom is -0.313 e. The Morgan fingerprint density at radius 1 is 1.04 bits per heavy atom. The second-order valence-corrected chi connectivity index (χ2v) is 6.38. The zero-order valence-electron chi connectivity index (χ0n) is 14.4. The van der Waals surface area contributed by atoms with E-state index in [1.165, 1.54) is 12.1 Å². The first kappa shape index (κ1) is 15.1. The summed E-state index contributed by atoms with van der Waals surface area (Å²) < 4.78 is 20.6. The molecule has 0 amide bonds. The lowest BCUT2D eigenvalue weighted by Gasteiger charge is -2.32. The van der Waals surface area contributed by atoms with Crippen molar-refractivity contribution in [3.05, 3.63) is 72.4 Å². The average Bonchev–Trinajstić information content (AvgIpc) is 3.46. The van der Waals surface area contributed by atoms with E-state index in [-0.39, 0.29) is 5.82 Å². The molecule has 8 nitrogen and oxygen atoms in total. The van der Waals surface area contributed by atoms with Crippen molar-refractivity contribution >= 4 is 17.7 Å². The summed E-state index contributed by atoms with van der Waals surface area (Å²) in [6.45, 7) is 0.333. The molecule has 0 atom stereocenters. The number of hydrogen-bond donors (Lipinski definition) is 0. The molecule has 0 N–H and O–H groups in total. The van der Waals surface area contributed by atoms with Crippen LogP contribution in [0.5, 0.6) is 0 Å². The van der Waals surface area contributed by atoms with Gasteiger partial charge in [0.2, 0.25) is 5.82 Å². The predicted molar refractivity (Wildman–Crippen MR) is 99.6 cm³/mol. The van der Waals surface area contributed by atoms with Crippen LogP contribution in [0.15, 0.2) is 70.6 Å². The molecule has 2 aliphatic rings. The van der Waals surface area contributed by atoms with Gasteiger partial charge < -0.3 is 4.52 Å². The third-order valence-electron chi connectivity index (χ3n) is 4.78. The first-order valence-corrected chi connectivity index (χ1v) is 8.63. The van der Waals surface area contributed by atoms with Gasteiger partial charge in [-0.2, -0.15) is 4.98 Å². The molecule has 0 spiro atoms. The molecule has 4 heterocycles. The molecule has 136 valence electrons. The molecule has 0 saturated carbocycles. The van der Waals surface area contributed by atoms with Crippen LogP contribution < -0.4 is 10.0 Å². The number of aliphatic imine (C=N–C) groups is 1. The van der Waals surface area contributed by atoms with Gasteiger partial charge in [-0.3, -0.25) is 4.57 Å². The summed E-state index contributed by atoms with van der Waals surface area (Å²) in [6, 6.07) is 14.3. The Balaban J connectivity index is 1.42. The Labute approximate surface area is 158 Å². The molecule has 0 aliphatic carbocycles. The van der Waals surface area contributed by atoms with Crippen LogP contribution >= 0.6 is 0 Å². The summed E-state index contributed by atoms with van der Waals surface area (Å²) in [6.07, 6.45) is 3.53. The van der Waals surface area contributed by atoms with E-state index in [1.807, 2.05) is 33.8 Å². The third kappa shape index (κ3) is 2.04. The van der Waals surface area contributed by atoms with Crippen molar-refractivity contribution in [1.82, 2.24) is 19.7 Å². The van der Waals surface area contributed by atoms with E-state index in [0.29, 0.717) is 24.1 Å². The predicted octanol–water partition coefficient (Wildman–Crippen LogP) is 3.02. The summed E-state index contributed by atoms with van der Waals surface area (Å²) >= 11 is 0. The van der Waals surface area contributed by atoms with Gasteiger partial charge in [-0.25, -0.2) is 24.4 Å². The molecule has 6 rings (SSSR count). The van der Waals surface area contributed by atoms with Gasteiger partial charge in [0.25, 0.3) is 0 Å². The highest BCUT2D eigenvalue weighted by atomic mass is 19.1. The van der Waals surface area contributed by atoms with Crippen LogP contribution in [0.1, 0.15) is 5.56 Å². The van der Waals surface area contributed by atoms with Crippen LogP contribution in [0.3, 0.4) is 0 Å². The number of imidazole rings is 1. The second kappa shape index (κ2) is 5.49. The van der Waals surface area contributed by atoms with Crippen molar-refractivity contribution in [2.45, 2.75) is 0 Å². The molecule has 2 aromatic heterocycles. The van der Waals surface area contributed by atoms with Gasteiger partial charge in [0, 0.05) is 11.1 Å². The SMILES string of the molecule is Fc1ccc(-c2noc(N3CN=C4c5ccccc5-n5cncc5N43)n2)cc1. The van der Waals surface area contributed by atoms with Gasteiger partial charge in [0.1, 0.15) is 18.8 Å². The number of fused-ring (bicyclic) bond motifs is 6. The highest BCUT2D eigenvalue weighted by Crippen LogP contribution is 2.36. The number of amidine groups is 1. The number of aromatic nitrogens is 4. The van der Waals surface area contributed by atoms with E-state index in [4.69, 9.17) is 4.52 Å². The number of hydrazine groups is 1. The summed E-state index contributed by atoms with van der Waals surface area (Å²) in [5.74, 6) is 1.70. The van der Waals surface area contributed by atoms with Gasteiger partial charge in [0.15, 0.2) is 11.7 Å². The van der Waals surface area contributed by atoms with E-state index in [9.17, 15) is 4.39 Å². The van der Waals surface area contributed by atoms with Gasteiger partial charge in [-0.15, -0.1) is 0 Å². The standard InChI is InChI=1S/C19H12FN7O/c20-13-7-5-12(6-8-13)17-23-19(28-24-17)26-11-22-18-14-3-1-2-4-15(14)25-10-21-9-16(25)27(18)26/h1-10H,11H2. The Bertz CT molecular complexity index is 1230.